The summed E-state index contributed by atoms with van der Waals surface area (Å²) in [5.41, 5.74) is 2.16. The van der Waals surface area contributed by atoms with Crippen molar-refractivity contribution in [1.29, 1.82) is 0 Å². The van der Waals surface area contributed by atoms with Gasteiger partial charge >= 0.3 is 0 Å². The van der Waals surface area contributed by atoms with Gasteiger partial charge in [-0.3, -0.25) is 4.79 Å². The van der Waals surface area contributed by atoms with E-state index in [2.05, 4.69) is 35.9 Å². The minimum Gasteiger partial charge on any atom is -0.357 e. The minimum absolute atomic E-state index is 0.231. The molecule has 1 aliphatic heterocycles. The summed E-state index contributed by atoms with van der Waals surface area (Å²) in [5, 5.41) is 7.71. The minimum atomic E-state index is 0.231. The molecule has 1 saturated carbocycles. The smallest absolute Gasteiger partial charge is 0.227 e. The molecule has 1 aromatic rings. The van der Waals surface area contributed by atoms with Crippen molar-refractivity contribution in [2.75, 3.05) is 24.2 Å². The molecule has 6 heteroatoms. The average Bonchev–Trinajstić information content (AvgIpc) is 3.29. The van der Waals surface area contributed by atoms with E-state index in [1.54, 1.807) is 0 Å². The van der Waals surface area contributed by atoms with Crippen molar-refractivity contribution < 1.29 is 4.79 Å². The molecule has 26 heavy (non-hydrogen) atoms. The number of hydrogen-bond acceptors (Lipinski definition) is 3. The van der Waals surface area contributed by atoms with Crippen LogP contribution in [0.5, 0.6) is 0 Å². The molecule has 1 aliphatic carbocycles. The highest BCUT2D eigenvalue weighted by molar-refractivity contribution is 7.99. The fourth-order valence-electron chi connectivity index (χ4n) is 3.67. The molecule has 142 valence electrons. The Morgan fingerprint density at radius 2 is 2.12 bits per heavy atom. The molecule has 2 atom stereocenters. The maximum absolute atomic E-state index is 11.8. The fraction of sp³-hybridized carbons (Fsp3) is 0.600. The predicted octanol–water partition coefficient (Wildman–Crippen LogP) is 3.15. The number of rotatable bonds is 6. The highest BCUT2D eigenvalue weighted by Crippen LogP contribution is 2.28. The van der Waals surface area contributed by atoms with E-state index in [9.17, 15) is 4.79 Å². The van der Waals surface area contributed by atoms with E-state index in [0.717, 1.165) is 42.0 Å². The maximum Gasteiger partial charge on any atom is 0.227 e. The number of hydrogen-bond donors (Lipinski definition) is 2. The number of thioether (sulfide) groups is 1. The first kappa shape index (κ1) is 19.1. The van der Waals surface area contributed by atoms with Crippen molar-refractivity contribution in [2.24, 2.45) is 4.99 Å². The molecule has 2 aliphatic rings. The number of benzene rings is 1. The molecular formula is C20H30N4OS. The summed E-state index contributed by atoms with van der Waals surface area (Å²) in [6.45, 7) is 4.43. The summed E-state index contributed by atoms with van der Waals surface area (Å²) < 4.78 is 0. The van der Waals surface area contributed by atoms with Crippen molar-refractivity contribution in [3.63, 3.8) is 0 Å². The van der Waals surface area contributed by atoms with Gasteiger partial charge in [0, 0.05) is 36.5 Å². The molecule has 1 amide bonds. The van der Waals surface area contributed by atoms with Crippen LogP contribution in [-0.4, -0.2) is 42.5 Å². The number of guanidine groups is 1. The molecule has 2 fully saturated rings. The zero-order chi connectivity index (χ0) is 18.4. The number of nitrogens with zero attached hydrogens (tertiary/aromatic N) is 2. The summed E-state index contributed by atoms with van der Waals surface area (Å²) >= 11 is 1.97. The Bertz CT molecular complexity index is 631. The van der Waals surface area contributed by atoms with Gasteiger partial charge in [0.25, 0.3) is 0 Å². The van der Waals surface area contributed by atoms with E-state index >= 15 is 0 Å². The molecule has 3 rings (SSSR count). The van der Waals surface area contributed by atoms with Crippen LogP contribution in [0.2, 0.25) is 0 Å². The quantitative estimate of drug-likeness (QED) is 0.593. The number of anilines is 1. The molecule has 0 radical (unpaired) electrons. The summed E-state index contributed by atoms with van der Waals surface area (Å²) in [6, 6.07) is 8.75. The summed E-state index contributed by atoms with van der Waals surface area (Å²) in [6.07, 6.45) is 7.54. The van der Waals surface area contributed by atoms with Gasteiger partial charge in [0.05, 0.1) is 6.54 Å². The van der Waals surface area contributed by atoms with E-state index < -0.39 is 0 Å². The normalized spacial score (nSPS) is 23.5. The van der Waals surface area contributed by atoms with E-state index in [-0.39, 0.29) is 5.91 Å². The lowest BCUT2D eigenvalue weighted by molar-refractivity contribution is -0.117. The molecule has 1 heterocycles. The Kier molecular flexibility index (Phi) is 6.83. The van der Waals surface area contributed by atoms with Crippen molar-refractivity contribution in [2.45, 2.75) is 56.9 Å². The average molecular weight is 375 g/mol. The Labute approximate surface area is 161 Å². The van der Waals surface area contributed by atoms with E-state index in [1.807, 2.05) is 28.8 Å². The predicted molar refractivity (Wildman–Crippen MR) is 111 cm³/mol. The first-order valence-electron chi connectivity index (χ1n) is 9.66. The van der Waals surface area contributed by atoms with Crippen LogP contribution in [0.25, 0.3) is 0 Å². The molecule has 0 spiro atoms. The third-order valence-electron chi connectivity index (χ3n) is 5.14. The highest BCUT2D eigenvalue weighted by Gasteiger charge is 2.24. The molecule has 0 aromatic heterocycles. The van der Waals surface area contributed by atoms with Crippen LogP contribution in [0.4, 0.5) is 5.69 Å². The van der Waals surface area contributed by atoms with Crippen molar-refractivity contribution >= 4 is 29.3 Å². The van der Waals surface area contributed by atoms with Crippen LogP contribution >= 0.6 is 11.8 Å². The third kappa shape index (κ3) is 4.93. The van der Waals surface area contributed by atoms with Crippen LogP contribution in [0.3, 0.4) is 0 Å². The summed E-state index contributed by atoms with van der Waals surface area (Å²) in [5.74, 6) is 1.13. The second kappa shape index (κ2) is 9.31. The molecule has 0 bridgehead atoms. The largest absolute Gasteiger partial charge is 0.357 e. The van der Waals surface area contributed by atoms with Gasteiger partial charge in [0.1, 0.15) is 0 Å². The first-order chi connectivity index (χ1) is 12.7. The Balaban J connectivity index is 1.57. The SMILES string of the molecule is CCNC(=NCc1ccc(N2CCCC2=O)cc1)NC1CCC(SC)C1. The Morgan fingerprint density at radius 3 is 2.73 bits per heavy atom. The first-order valence-corrected chi connectivity index (χ1v) is 11.0. The molecule has 5 nitrogen and oxygen atoms in total. The monoisotopic (exact) mass is 374 g/mol. The Hall–Kier alpha value is -1.69. The van der Waals surface area contributed by atoms with Crippen molar-refractivity contribution in [1.82, 2.24) is 10.6 Å². The van der Waals surface area contributed by atoms with Gasteiger partial charge in [-0.1, -0.05) is 12.1 Å². The van der Waals surface area contributed by atoms with Gasteiger partial charge in [-0.15, -0.1) is 0 Å². The summed E-state index contributed by atoms with van der Waals surface area (Å²) in [4.78, 5) is 18.5. The van der Waals surface area contributed by atoms with Gasteiger partial charge in [-0.2, -0.15) is 11.8 Å². The lowest BCUT2D eigenvalue weighted by Crippen LogP contribution is -2.42. The molecular weight excluding hydrogens is 344 g/mol. The number of carbonyl (C=O) groups excluding carboxylic acids is 1. The second-order valence-electron chi connectivity index (χ2n) is 7.02. The van der Waals surface area contributed by atoms with Gasteiger partial charge in [0.15, 0.2) is 5.96 Å². The second-order valence-corrected chi connectivity index (χ2v) is 8.16. The fourth-order valence-corrected chi connectivity index (χ4v) is 4.47. The summed E-state index contributed by atoms with van der Waals surface area (Å²) in [7, 11) is 0. The molecule has 1 aromatic carbocycles. The van der Waals surface area contributed by atoms with Gasteiger partial charge in [-0.25, -0.2) is 4.99 Å². The number of amides is 1. The van der Waals surface area contributed by atoms with Gasteiger partial charge in [0.2, 0.25) is 5.91 Å². The van der Waals surface area contributed by atoms with Crippen LogP contribution in [0.1, 0.15) is 44.6 Å². The standard InChI is InChI=1S/C20H30N4OS/c1-3-21-20(23-16-8-11-18(13-16)26-2)22-14-15-6-9-17(10-7-15)24-12-4-5-19(24)25/h6-7,9-10,16,18H,3-5,8,11-14H2,1-2H3,(H2,21,22,23). The Morgan fingerprint density at radius 1 is 1.31 bits per heavy atom. The lowest BCUT2D eigenvalue weighted by Gasteiger charge is -2.17. The zero-order valence-electron chi connectivity index (χ0n) is 15.8. The van der Waals surface area contributed by atoms with Gasteiger partial charge < -0.3 is 15.5 Å². The number of carbonyl (C=O) groups is 1. The zero-order valence-corrected chi connectivity index (χ0v) is 16.6. The molecule has 2 unspecified atom stereocenters. The third-order valence-corrected chi connectivity index (χ3v) is 6.24. The van der Waals surface area contributed by atoms with Crippen molar-refractivity contribution in [3.8, 4) is 0 Å². The van der Waals surface area contributed by atoms with Crippen molar-refractivity contribution in [3.05, 3.63) is 29.8 Å². The lowest BCUT2D eigenvalue weighted by atomic mass is 10.2. The van der Waals surface area contributed by atoms with Crippen LogP contribution < -0.4 is 15.5 Å². The van der Waals surface area contributed by atoms with Gasteiger partial charge in [-0.05, 0) is 56.6 Å². The van der Waals surface area contributed by atoms with Crippen LogP contribution in [0, 0.1) is 0 Å². The van der Waals surface area contributed by atoms with Crippen LogP contribution in [-0.2, 0) is 11.3 Å². The highest BCUT2D eigenvalue weighted by atomic mass is 32.2. The molecule has 1 saturated heterocycles. The maximum atomic E-state index is 11.8. The number of nitrogens with one attached hydrogen (secondary N) is 2. The van der Waals surface area contributed by atoms with E-state index in [0.29, 0.717) is 19.0 Å². The number of aliphatic imine (C=N–C) groups is 1. The van der Waals surface area contributed by atoms with Crippen LogP contribution in [0.15, 0.2) is 29.3 Å². The molecule has 2 N–H and O–H groups in total. The van der Waals surface area contributed by atoms with E-state index in [1.165, 1.54) is 19.3 Å². The topological polar surface area (TPSA) is 56.7 Å². The van der Waals surface area contributed by atoms with E-state index in [4.69, 9.17) is 4.99 Å².